The van der Waals surface area contributed by atoms with Gasteiger partial charge < -0.3 is 9.84 Å². The number of hydrogen-bond acceptors (Lipinski definition) is 3. The molecule has 33 heavy (non-hydrogen) atoms. The van der Waals surface area contributed by atoms with E-state index in [1.165, 1.54) is 36.0 Å². The molecule has 0 aliphatic heterocycles. The number of aliphatic carboxylic acids is 1. The number of carboxylic acid groups (broad SMARTS) is 1. The van der Waals surface area contributed by atoms with Gasteiger partial charge in [0, 0.05) is 12.8 Å². The van der Waals surface area contributed by atoms with Crippen LogP contribution in [0.5, 0.6) is 0 Å². The Balaban J connectivity index is 2.60. The molecule has 0 saturated carbocycles. The molecule has 0 fully saturated rings. The zero-order valence-corrected chi connectivity index (χ0v) is 21.7. The van der Waals surface area contributed by atoms with Gasteiger partial charge in [-0.1, -0.05) is 74.8 Å². The Morgan fingerprint density at radius 2 is 1.85 bits per heavy atom. The van der Waals surface area contributed by atoms with E-state index in [-0.39, 0.29) is 30.8 Å². The lowest BCUT2D eigenvalue weighted by Gasteiger charge is -2.38. The minimum absolute atomic E-state index is 0.0140. The molecule has 1 unspecified atom stereocenters. The molecule has 0 radical (unpaired) electrons. The van der Waals surface area contributed by atoms with Gasteiger partial charge in [-0.25, -0.2) is 0 Å². The summed E-state index contributed by atoms with van der Waals surface area (Å²) in [5, 5.41) is 8.59. The largest absolute Gasteiger partial charge is 0.481 e. The van der Waals surface area contributed by atoms with E-state index < -0.39 is 5.97 Å². The summed E-state index contributed by atoms with van der Waals surface area (Å²) < 4.78 is 5.11. The maximum atomic E-state index is 11.6. The molecule has 0 aromatic heterocycles. The normalized spacial score (nSPS) is 19.7. The Labute approximate surface area is 201 Å². The summed E-state index contributed by atoms with van der Waals surface area (Å²) in [5.41, 5.74) is 5.39. The highest BCUT2D eigenvalue weighted by molar-refractivity contribution is 5.71. The third-order valence-corrected chi connectivity index (χ3v) is 6.04. The van der Waals surface area contributed by atoms with Crippen LogP contribution in [0.1, 0.15) is 87.0 Å². The van der Waals surface area contributed by atoms with Crippen molar-refractivity contribution in [1.82, 2.24) is 0 Å². The molecule has 1 aliphatic rings. The van der Waals surface area contributed by atoms with Crippen molar-refractivity contribution in [1.29, 1.82) is 0 Å². The van der Waals surface area contributed by atoms with Crippen LogP contribution in [-0.2, 0) is 14.3 Å². The molecule has 1 N–H and O–H groups in total. The van der Waals surface area contributed by atoms with Crippen LogP contribution >= 0.6 is 0 Å². The lowest BCUT2D eigenvalue weighted by atomic mass is 9.67. The molecule has 0 saturated heterocycles. The summed E-state index contributed by atoms with van der Waals surface area (Å²) in [6, 6.07) is 0. The Hall–Kier alpha value is -2.36. The van der Waals surface area contributed by atoms with Gasteiger partial charge in [0.15, 0.2) is 0 Å². The fourth-order valence-corrected chi connectivity index (χ4v) is 4.64. The zero-order valence-electron chi connectivity index (χ0n) is 21.7. The van der Waals surface area contributed by atoms with Crippen LogP contribution in [0.25, 0.3) is 0 Å². The first kappa shape index (κ1) is 28.7. The number of carboxylic acids is 1. The minimum Gasteiger partial charge on any atom is -0.481 e. The maximum Gasteiger partial charge on any atom is 0.306 e. The fraction of sp³-hybridized carbons (Fsp3) is 0.586. The van der Waals surface area contributed by atoms with Crippen LogP contribution < -0.4 is 0 Å². The van der Waals surface area contributed by atoms with Gasteiger partial charge in [-0.05, 0) is 75.4 Å². The molecular weight excluding hydrogens is 412 g/mol. The Morgan fingerprint density at radius 3 is 2.45 bits per heavy atom. The Bertz CT molecular complexity index is 819. The highest BCUT2D eigenvalue weighted by Crippen LogP contribution is 2.45. The summed E-state index contributed by atoms with van der Waals surface area (Å²) in [7, 11) is 0. The Morgan fingerprint density at radius 1 is 1.15 bits per heavy atom. The van der Waals surface area contributed by atoms with Crippen molar-refractivity contribution in [3.8, 4) is 0 Å². The van der Waals surface area contributed by atoms with E-state index in [2.05, 4.69) is 59.8 Å². The van der Waals surface area contributed by atoms with Crippen LogP contribution in [0.15, 0.2) is 58.7 Å². The summed E-state index contributed by atoms with van der Waals surface area (Å²) in [6.07, 6.45) is 16.6. The first-order chi connectivity index (χ1) is 15.4. The van der Waals surface area contributed by atoms with Gasteiger partial charge in [0.2, 0.25) is 0 Å². The summed E-state index contributed by atoms with van der Waals surface area (Å²) in [5.74, 6) is 0.277. The quantitative estimate of drug-likeness (QED) is 0.243. The molecule has 0 amide bonds. The minimum atomic E-state index is -0.897. The summed E-state index contributed by atoms with van der Waals surface area (Å²) in [6.45, 7) is 15.9. The van der Waals surface area contributed by atoms with E-state index in [1.54, 1.807) is 0 Å². The van der Waals surface area contributed by atoms with Crippen molar-refractivity contribution in [2.75, 3.05) is 6.61 Å². The van der Waals surface area contributed by atoms with E-state index in [9.17, 15) is 9.59 Å². The predicted molar refractivity (Wildman–Crippen MR) is 137 cm³/mol. The summed E-state index contributed by atoms with van der Waals surface area (Å²) in [4.78, 5) is 22.0. The molecule has 0 aromatic carbocycles. The molecule has 1 aliphatic carbocycles. The maximum absolute atomic E-state index is 11.6. The van der Waals surface area contributed by atoms with Crippen molar-refractivity contribution in [3.63, 3.8) is 0 Å². The van der Waals surface area contributed by atoms with Crippen molar-refractivity contribution < 1.29 is 19.4 Å². The van der Waals surface area contributed by atoms with Gasteiger partial charge in [-0.3, -0.25) is 9.59 Å². The highest BCUT2D eigenvalue weighted by Gasteiger charge is 2.32. The number of hydrogen-bond donors (Lipinski definition) is 1. The second kappa shape index (κ2) is 14.0. The standard InChI is InChI=1S/C29H44O4/c1-21(2)18-25-19-24(5)26(29(6,7)20-25)15-14-22(3)10-8-11-23(4)16-17-33-28(32)13-9-12-27(30)31/h8,10-11,14-16,21,25H,9,12-13,17-20H2,1-7H3,(H,30,31). The van der Waals surface area contributed by atoms with Crippen molar-refractivity contribution in [2.24, 2.45) is 17.3 Å². The number of ether oxygens (including phenoxy) is 1. The van der Waals surface area contributed by atoms with Gasteiger partial charge in [-0.2, -0.15) is 0 Å². The molecule has 0 aromatic rings. The van der Waals surface area contributed by atoms with E-state index in [0.717, 1.165) is 17.4 Å². The van der Waals surface area contributed by atoms with E-state index >= 15 is 0 Å². The molecule has 1 atom stereocenters. The molecule has 1 rings (SSSR count). The molecule has 4 heteroatoms. The molecule has 0 spiro atoms. The zero-order chi connectivity index (χ0) is 25.0. The molecular formula is C29H44O4. The third kappa shape index (κ3) is 11.9. The first-order valence-corrected chi connectivity index (χ1v) is 12.2. The van der Waals surface area contributed by atoms with Crippen LogP contribution in [-0.4, -0.2) is 23.7 Å². The van der Waals surface area contributed by atoms with Gasteiger partial charge in [-0.15, -0.1) is 0 Å². The number of rotatable bonds is 12. The molecule has 0 heterocycles. The van der Waals surface area contributed by atoms with Crippen LogP contribution in [0.3, 0.4) is 0 Å². The van der Waals surface area contributed by atoms with Crippen LogP contribution in [0.2, 0.25) is 0 Å². The number of carbonyl (C=O) groups is 2. The van der Waals surface area contributed by atoms with E-state index in [1.807, 2.05) is 25.2 Å². The van der Waals surface area contributed by atoms with Crippen molar-refractivity contribution in [2.45, 2.75) is 87.0 Å². The summed E-state index contributed by atoms with van der Waals surface area (Å²) >= 11 is 0. The van der Waals surface area contributed by atoms with Crippen LogP contribution in [0.4, 0.5) is 0 Å². The monoisotopic (exact) mass is 456 g/mol. The van der Waals surface area contributed by atoms with Gasteiger partial charge in [0.25, 0.3) is 0 Å². The van der Waals surface area contributed by atoms with Crippen molar-refractivity contribution >= 4 is 11.9 Å². The Kier molecular flexibility index (Phi) is 12.2. The number of allylic oxidation sites excluding steroid dienone is 9. The molecule has 0 bridgehead atoms. The SMILES string of the molecule is CC(C=CC1=C(C)CC(CC(C)C)CC1(C)C)=CC=CC(C)=CCOC(=O)CCCC(=O)O. The van der Waals surface area contributed by atoms with Gasteiger partial charge >= 0.3 is 11.9 Å². The topological polar surface area (TPSA) is 63.6 Å². The van der Waals surface area contributed by atoms with E-state index in [0.29, 0.717) is 6.42 Å². The highest BCUT2D eigenvalue weighted by atomic mass is 16.5. The average Bonchev–Trinajstić information content (AvgIpc) is 2.65. The predicted octanol–water partition coefficient (Wildman–Crippen LogP) is 7.59. The number of carbonyl (C=O) groups excluding carboxylic acids is 1. The average molecular weight is 457 g/mol. The first-order valence-electron chi connectivity index (χ1n) is 12.2. The molecule has 184 valence electrons. The lowest BCUT2D eigenvalue weighted by Crippen LogP contribution is -2.26. The second-order valence-corrected chi connectivity index (χ2v) is 10.5. The molecule has 4 nitrogen and oxygen atoms in total. The third-order valence-electron chi connectivity index (χ3n) is 6.04. The van der Waals surface area contributed by atoms with E-state index in [4.69, 9.17) is 9.84 Å². The lowest BCUT2D eigenvalue weighted by molar-refractivity contribution is -0.142. The smallest absolute Gasteiger partial charge is 0.306 e. The fourth-order valence-electron chi connectivity index (χ4n) is 4.64. The van der Waals surface area contributed by atoms with Crippen LogP contribution in [0, 0.1) is 17.3 Å². The van der Waals surface area contributed by atoms with Crippen molar-refractivity contribution in [3.05, 3.63) is 58.7 Å². The number of esters is 1. The van der Waals surface area contributed by atoms with Gasteiger partial charge in [0.1, 0.15) is 6.61 Å². The van der Waals surface area contributed by atoms with Gasteiger partial charge in [0.05, 0.1) is 0 Å². The second-order valence-electron chi connectivity index (χ2n) is 10.5.